The van der Waals surface area contributed by atoms with E-state index in [-0.39, 0.29) is 18.9 Å². The van der Waals surface area contributed by atoms with Crippen molar-refractivity contribution in [2.45, 2.75) is 31.0 Å². The van der Waals surface area contributed by atoms with Crippen molar-refractivity contribution in [3.63, 3.8) is 0 Å². The summed E-state index contributed by atoms with van der Waals surface area (Å²) in [5.41, 5.74) is 0.507. The van der Waals surface area contributed by atoms with Gasteiger partial charge in [-0.05, 0) is 0 Å². The third-order valence-electron chi connectivity index (χ3n) is 3.84. The molecular formula is C12H16N4O4. The number of H-pyrrole nitrogens is 1. The van der Waals surface area contributed by atoms with Crippen molar-refractivity contribution in [1.82, 2.24) is 20.6 Å². The number of carbonyl (C=O) groups is 2. The van der Waals surface area contributed by atoms with E-state index in [2.05, 4.69) is 20.6 Å². The molecule has 8 heteroatoms. The summed E-state index contributed by atoms with van der Waals surface area (Å²) in [6.07, 6.45) is 2.33. The lowest BCUT2D eigenvalue weighted by Crippen LogP contribution is -2.60. The summed E-state index contributed by atoms with van der Waals surface area (Å²) in [7, 11) is 0. The Morgan fingerprint density at radius 3 is 3.10 bits per heavy atom. The molecule has 1 fully saturated rings. The number of carboxylic acids is 1. The van der Waals surface area contributed by atoms with Crippen LogP contribution in [0, 0.1) is 0 Å². The van der Waals surface area contributed by atoms with Gasteiger partial charge in [0.05, 0.1) is 30.4 Å². The number of nitrogens with one attached hydrogen (secondary N) is 3. The number of amides is 1. The molecule has 3 heterocycles. The Bertz CT molecular complexity index is 535. The van der Waals surface area contributed by atoms with E-state index in [0.29, 0.717) is 19.6 Å². The molecule has 8 nitrogen and oxygen atoms in total. The van der Waals surface area contributed by atoms with Crippen molar-refractivity contribution >= 4 is 11.9 Å². The Labute approximate surface area is 114 Å². The van der Waals surface area contributed by atoms with E-state index < -0.39 is 17.6 Å². The highest BCUT2D eigenvalue weighted by atomic mass is 16.5. The minimum Gasteiger partial charge on any atom is -0.479 e. The van der Waals surface area contributed by atoms with Crippen LogP contribution in [0.4, 0.5) is 0 Å². The fourth-order valence-electron chi connectivity index (χ4n) is 2.56. The van der Waals surface area contributed by atoms with Gasteiger partial charge in [-0.15, -0.1) is 0 Å². The summed E-state index contributed by atoms with van der Waals surface area (Å²) < 4.78 is 5.12. The Morgan fingerprint density at radius 2 is 2.40 bits per heavy atom. The van der Waals surface area contributed by atoms with E-state index in [1.54, 1.807) is 6.33 Å². The Balaban J connectivity index is 1.69. The maximum absolute atomic E-state index is 12.3. The SMILES string of the molecule is O=C(NC1(C(=O)O)CCOC1)C1Cc2nc[nH]c2CN1. The maximum Gasteiger partial charge on any atom is 0.331 e. The van der Waals surface area contributed by atoms with Crippen LogP contribution in [0.1, 0.15) is 17.8 Å². The van der Waals surface area contributed by atoms with Crippen molar-refractivity contribution in [1.29, 1.82) is 0 Å². The standard InChI is InChI=1S/C12H16N4O4/c17-10(16-12(11(18)19)1-2-20-5-12)8-3-7-9(4-13-8)15-6-14-7/h6,8,13H,1-5H2,(H,14,15)(H,16,17)(H,18,19). The van der Waals surface area contributed by atoms with Crippen LogP contribution in [-0.2, 0) is 27.3 Å². The molecule has 2 atom stereocenters. The first-order valence-corrected chi connectivity index (χ1v) is 6.48. The van der Waals surface area contributed by atoms with Crippen molar-refractivity contribution in [3.05, 3.63) is 17.7 Å². The van der Waals surface area contributed by atoms with Gasteiger partial charge in [0.25, 0.3) is 0 Å². The van der Waals surface area contributed by atoms with Gasteiger partial charge in [0.15, 0.2) is 5.54 Å². The zero-order valence-corrected chi connectivity index (χ0v) is 10.8. The molecule has 0 saturated carbocycles. The third kappa shape index (κ3) is 2.16. The number of carbonyl (C=O) groups excluding carboxylic acids is 1. The van der Waals surface area contributed by atoms with Crippen LogP contribution < -0.4 is 10.6 Å². The van der Waals surface area contributed by atoms with Gasteiger partial charge in [-0.25, -0.2) is 9.78 Å². The Morgan fingerprint density at radius 1 is 1.55 bits per heavy atom. The first-order chi connectivity index (χ1) is 9.61. The predicted molar refractivity (Wildman–Crippen MR) is 66.9 cm³/mol. The molecule has 1 aromatic heterocycles. The molecule has 3 rings (SSSR count). The van der Waals surface area contributed by atoms with Crippen LogP contribution in [0.25, 0.3) is 0 Å². The summed E-state index contributed by atoms with van der Waals surface area (Å²) >= 11 is 0. The van der Waals surface area contributed by atoms with E-state index in [9.17, 15) is 14.7 Å². The number of nitrogens with zero attached hydrogens (tertiary/aromatic N) is 1. The number of aromatic nitrogens is 2. The molecule has 2 unspecified atom stereocenters. The maximum atomic E-state index is 12.3. The molecule has 1 aromatic rings. The summed E-state index contributed by atoms with van der Waals surface area (Å²) in [6, 6.07) is -0.470. The largest absolute Gasteiger partial charge is 0.479 e. The molecule has 0 aromatic carbocycles. The number of fused-ring (bicyclic) bond motifs is 1. The zero-order valence-electron chi connectivity index (χ0n) is 10.8. The second-order valence-corrected chi connectivity index (χ2v) is 5.14. The topological polar surface area (TPSA) is 116 Å². The van der Waals surface area contributed by atoms with Gasteiger partial charge >= 0.3 is 5.97 Å². The van der Waals surface area contributed by atoms with Crippen molar-refractivity contribution < 1.29 is 19.4 Å². The van der Waals surface area contributed by atoms with Gasteiger partial charge in [-0.2, -0.15) is 0 Å². The molecule has 4 N–H and O–H groups in total. The van der Waals surface area contributed by atoms with E-state index in [4.69, 9.17) is 4.74 Å². The quantitative estimate of drug-likeness (QED) is 0.552. The average molecular weight is 280 g/mol. The normalized spacial score (nSPS) is 28.9. The number of carboxylic acid groups (broad SMARTS) is 1. The van der Waals surface area contributed by atoms with Crippen LogP contribution in [0.3, 0.4) is 0 Å². The Hall–Kier alpha value is -1.93. The number of hydrogen-bond acceptors (Lipinski definition) is 5. The number of aliphatic carboxylic acids is 1. The summed E-state index contributed by atoms with van der Waals surface area (Å²) in [5, 5.41) is 15.0. The average Bonchev–Trinajstić information content (AvgIpc) is 3.06. The van der Waals surface area contributed by atoms with E-state index in [1.807, 2.05) is 0 Å². The highest BCUT2D eigenvalue weighted by Crippen LogP contribution is 2.20. The van der Waals surface area contributed by atoms with Gasteiger partial charge < -0.3 is 20.1 Å². The van der Waals surface area contributed by atoms with Gasteiger partial charge in [-0.3, -0.25) is 10.1 Å². The fraction of sp³-hybridized carbons (Fsp3) is 0.583. The highest BCUT2D eigenvalue weighted by molar-refractivity contribution is 5.90. The number of imidazole rings is 1. The monoisotopic (exact) mass is 280 g/mol. The molecular weight excluding hydrogens is 264 g/mol. The van der Waals surface area contributed by atoms with E-state index in [1.165, 1.54) is 0 Å². The number of rotatable bonds is 3. The van der Waals surface area contributed by atoms with Crippen molar-refractivity contribution in [2.75, 3.05) is 13.2 Å². The minimum atomic E-state index is -1.30. The van der Waals surface area contributed by atoms with Gasteiger partial charge in [-0.1, -0.05) is 0 Å². The highest BCUT2D eigenvalue weighted by Gasteiger charge is 2.45. The first-order valence-electron chi connectivity index (χ1n) is 6.48. The fourth-order valence-corrected chi connectivity index (χ4v) is 2.56. The Kier molecular flexibility index (Phi) is 3.19. The smallest absolute Gasteiger partial charge is 0.331 e. The van der Waals surface area contributed by atoms with E-state index in [0.717, 1.165) is 11.4 Å². The van der Waals surface area contributed by atoms with Crippen LogP contribution in [0.2, 0.25) is 0 Å². The summed E-state index contributed by atoms with van der Waals surface area (Å²) in [4.78, 5) is 30.8. The van der Waals surface area contributed by atoms with Crippen molar-refractivity contribution in [2.24, 2.45) is 0 Å². The molecule has 1 amide bonds. The first kappa shape index (κ1) is 13.1. The zero-order chi connectivity index (χ0) is 14.2. The van der Waals surface area contributed by atoms with Gasteiger partial charge in [0.1, 0.15) is 0 Å². The van der Waals surface area contributed by atoms with Crippen LogP contribution in [0.5, 0.6) is 0 Å². The number of ether oxygens (including phenoxy) is 1. The van der Waals surface area contributed by atoms with Crippen molar-refractivity contribution in [3.8, 4) is 0 Å². The lowest BCUT2D eigenvalue weighted by Gasteiger charge is -2.28. The summed E-state index contributed by atoms with van der Waals surface area (Å²) in [6.45, 7) is 0.868. The lowest BCUT2D eigenvalue weighted by atomic mass is 9.97. The molecule has 0 spiro atoms. The third-order valence-corrected chi connectivity index (χ3v) is 3.84. The molecule has 108 valence electrons. The molecule has 0 bridgehead atoms. The molecule has 20 heavy (non-hydrogen) atoms. The summed E-state index contributed by atoms with van der Waals surface area (Å²) in [5.74, 6) is -1.38. The van der Waals surface area contributed by atoms with Gasteiger partial charge in [0.2, 0.25) is 5.91 Å². The number of hydrogen-bond donors (Lipinski definition) is 4. The molecule has 1 saturated heterocycles. The molecule has 0 radical (unpaired) electrons. The van der Waals surface area contributed by atoms with Gasteiger partial charge in [0, 0.05) is 26.0 Å². The van der Waals surface area contributed by atoms with Crippen LogP contribution in [0.15, 0.2) is 6.33 Å². The second-order valence-electron chi connectivity index (χ2n) is 5.14. The lowest BCUT2D eigenvalue weighted by molar-refractivity contribution is -0.148. The number of aromatic amines is 1. The molecule has 2 aliphatic rings. The molecule has 2 aliphatic heterocycles. The minimum absolute atomic E-state index is 0.00838. The van der Waals surface area contributed by atoms with E-state index >= 15 is 0 Å². The predicted octanol–water partition coefficient (Wildman–Crippen LogP) is -1.22. The van der Waals surface area contributed by atoms with Crippen LogP contribution >= 0.6 is 0 Å². The van der Waals surface area contributed by atoms with Crippen LogP contribution in [-0.4, -0.2) is 51.7 Å². The second kappa shape index (κ2) is 4.88. The molecule has 0 aliphatic carbocycles.